The molecule has 0 N–H and O–H groups in total. The quantitative estimate of drug-likeness (QED) is 0.716. The minimum absolute atomic E-state index is 0.387. The van der Waals surface area contributed by atoms with E-state index in [4.69, 9.17) is 0 Å². The highest BCUT2D eigenvalue weighted by Crippen LogP contribution is 2.57. The number of fused-ring (bicyclic) bond motifs is 1. The van der Waals surface area contributed by atoms with Gasteiger partial charge in [-0.1, -0.05) is 13.8 Å². The second-order valence-corrected chi connectivity index (χ2v) is 8.52. The van der Waals surface area contributed by atoms with Gasteiger partial charge in [-0.15, -0.1) is 0 Å². The Kier molecular flexibility index (Phi) is 2.47. The standard InChI is InChI=1S/C16H29N/c1-15(2,3)17-10-11-8-14(17)13(11)9-16(4,5)12-6-7-12/h11-14H,6-10H2,1-5H3. The van der Waals surface area contributed by atoms with E-state index in [1.165, 1.54) is 32.2 Å². The van der Waals surface area contributed by atoms with Crippen molar-refractivity contribution in [3.8, 4) is 0 Å². The molecule has 2 bridgehead atoms. The van der Waals surface area contributed by atoms with Gasteiger partial charge in [0.2, 0.25) is 0 Å². The fourth-order valence-corrected chi connectivity index (χ4v) is 4.45. The molecule has 98 valence electrons. The summed E-state index contributed by atoms with van der Waals surface area (Å²) in [5.74, 6) is 3.09. The summed E-state index contributed by atoms with van der Waals surface area (Å²) in [5.41, 5.74) is 1.01. The molecule has 4 fully saturated rings. The Labute approximate surface area is 107 Å². The number of hydrogen-bond donors (Lipinski definition) is 0. The first-order chi connectivity index (χ1) is 7.79. The van der Waals surface area contributed by atoms with Crippen LogP contribution in [0.1, 0.15) is 60.3 Å². The van der Waals surface area contributed by atoms with Crippen LogP contribution < -0.4 is 0 Å². The number of hydrogen-bond acceptors (Lipinski definition) is 1. The number of nitrogens with zero attached hydrogens (tertiary/aromatic N) is 1. The van der Waals surface area contributed by atoms with Crippen molar-refractivity contribution in [2.24, 2.45) is 23.2 Å². The molecule has 3 atom stereocenters. The Morgan fingerprint density at radius 1 is 1.06 bits per heavy atom. The van der Waals surface area contributed by atoms with Gasteiger partial charge >= 0.3 is 0 Å². The van der Waals surface area contributed by atoms with Crippen LogP contribution in [-0.2, 0) is 0 Å². The van der Waals surface area contributed by atoms with Crippen molar-refractivity contribution >= 4 is 0 Å². The average Bonchev–Trinajstić information content (AvgIpc) is 2.85. The highest BCUT2D eigenvalue weighted by Gasteiger charge is 2.56. The minimum Gasteiger partial charge on any atom is -0.295 e. The molecule has 2 aliphatic heterocycles. The summed E-state index contributed by atoms with van der Waals surface area (Å²) in [4.78, 5) is 2.78. The third kappa shape index (κ3) is 1.95. The second-order valence-electron chi connectivity index (χ2n) is 8.52. The maximum absolute atomic E-state index is 2.78. The molecule has 4 rings (SSSR count). The van der Waals surface area contributed by atoms with Gasteiger partial charge in [0, 0.05) is 18.1 Å². The van der Waals surface area contributed by atoms with Gasteiger partial charge in [-0.2, -0.15) is 0 Å². The third-order valence-corrected chi connectivity index (χ3v) is 5.78. The van der Waals surface area contributed by atoms with Gasteiger partial charge in [-0.25, -0.2) is 0 Å². The lowest BCUT2D eigenvalue weighted by Gasteiger charge is -2.44. The molecule has 17 heavy (non-hydrogen) atoms. The molecule has 2 saturated heterocycles. The van der Waals surface area contributed by atoms with E-state index in [-0.39, 0.29) is 0 Å². The molecule has 4 aliphatic rings. The molecule has 3 unspecified atom stereocenters. The first-order valence-electron chi connectivity index (χ1n) is 7.56. The Morgan fingerprint density at radius 3 is 2.18 bits per heavy atom. The van der Waals surface area contributed by atoms with E-state index in [1.807, 2.05) is 0 Å². The van der Waals surface area contributed by atoms with Crippen molar-refractivity contribution in [3.05, 3.63) is 0 Å². The predicted octanol–water partition coefficient (Wildman–Crippen LogP) is 3.93. The molecule has 2 aliphatic carbocycles. The zero-order chi connectivity index (χ0) is 12.4. The van der Waals surface area contributed by atoms with E-state index in [1.54, 1.807) is 0 Å². The Bertz CT molecular complexity index is 308. The van der Waals surface area contributed by atoms with E-state index in [0.29, 0.717) is 11.0 Å². The van der Waals surface area contributed by atoms with Gasteiger partial charge < -0.3 is 0 Å². The van der Waals surface area contributed by atoms with Crippen LogP contribution in [0.2, 0.25) is 0 Å². The van der Waals surface area contributed by atoms with Gasteiger partial charge in [0.1, 0.15) is 0 Å². The fraction of sp³-hybridized carbons (Fsp3) is 1.00. The normalized spacial score (nSPS) is 38.3. The molecular formula is C16H29N. The van der Waals surface area contributed by atoms with Crippen molar-refractivity contribution in [1.29, 1.82) is 0 Å². The second kappa shape index (κ2) is 3.50. The zero-order valence-corrected chi connectivity index (χ0v) is 12.3. The van der Waals surface area contributed by atoms with Gasteiger partial charge in [0.05, 0.1) is 0 Å². The van der Waals surface area contributed by atoms with Crippen LogP contribution in [0.3, 0.4) is 0 Å². The maximum atomic E-state index is 2.78. The lowest BCUT2D eigenvalue weighted by Crippen LogP contribution is -2.47. The van der Waals surface area contributed by atoms with Crippen LogP contribution in [-0.4, -0.2) is 23.0 Å². The van der Waals surface area contributed by atoms with Crippen molar-refractivity contribution < 1.29 is 0 Å². The summed E-state index contributed by atoms with van der Waals surface area (Å²) < 4.78 is 0. The molecule has 0 amide bonds. The SMILES string of the molecule is CC(C)(CC1C2CC1N(C(C)(C)C)C2)C1CC1. The summed E-state index contributed by atoms with van der Waals surface area (Å²) in [5, 5.41) is 0. The van der Waals surface area contributed by atoms with Crippen molar-refractivity contribution in [2.45, 2.75) is 71.9 Å². The highest BCUT2D eigenvalue weighted by molar-refractivity contribution is 5.09. The largest absolute Gasteiger partial charge is 0.295 e. The zero-order valence-electron chi connectivity index (χ0n) is 12.3. The van der Waals surface area contributed by atoms with Crippen molar-refractivity contribution in [3.63, 3.8) is 0 Å². The summed E-state index contributed by atoms with van der Waals surface area (Å²) in [6, 6.07) is 0.915. The van der Waals surface area contributed by atoms with Gasteiger partial charge in [0.25, 0.3) is 0 Å². The molecule has 2 saturated carbocycles. The average molecular weight is 235 g/mol. The first kappa shape index (κ1) is 12.0. The molecule has 0 aromatic rings. The monoisotopic (exact) mass is 235 g/mol. The Hall–Kier alpha value is -0.0400. The predicted molar refractivity (Wildman–Crippen MR) is 73.0 cm³/mol. The molecule has 0 spiro atoms. The van der Waals surface area contributed by atoms with Crippen LogP contribution in [0.4, 0.5) is 0 Å². The van der Waals surface area contributed by atoms with Crippen LogP contribution >= 0.6 is 0 Å². The van der Waals surface area contributed by atoms with Gasteiger partial charge in [0.15, 0.2) is 0 Å². The Balaban J connectivity index is 1.64. The van der Waals surface area contributed by atoms with E-state index in [9.17, 15) is 0 Å². The summed E-state index contributed by atoms with van der Waals surface area (Å²) >= 11 is 0. The molecule has 0 aromatic heterocycles. The van der Waals surface area contributed by atoms with Crippen LogP contribution in [0.15, 0.2) is 0 Å². The summed E-state index contributed by atoms with van der Waals surface area (Å²) in [6.07, 6.45) is 5.97. The smallest absolute Gasteiger partial charge is 0.0135 e. The summed E-state index contributed by atoms with van der Waals surface area (Å²) in [6.45, 7) is 13.6. The Morgan fingerprint density at radius 2 is 1.71 bits per heavy atom. The fourth-order valence-electron chi connectivity index (χ4n) is 4.45. The molecular weight excluding hydrogens is 206 g/mol. The van der Waals surface area contributed by atoms with Crippen LogP contribution in [0, 0.1) is 23.2 Å². The van der Waals surface area contributed by atoms with Crippen LogP contribution in [0.25, 0.3) is 0 Å². The molecule has 2 heterocycles. The van der Waals surface area contributed by atoms with Gasteiger partial charge in [-0.05, 0) is 69.6 Å². The van der Waals surface area contributed by atoms with E-state index >= 15 is 0 Å². The molecule has 0 aromatic carbocycles. The van der Waals surface area contributed by atoms with Crippen LogP contribution in [0.5, 0.6) is 0 Å². The van der Waals surface area contributed by atoms with E-state index < -0.39 is 0 Å². The minimum atomic E-state index is 0.387. The molecule has 1 nitrogen and oxygen atoms in total. The summed E-state index contributed by atoms with van der Waals surface area (Å²) in [7, 11) is 0. The lowest BCUT2D eigenvalue weighted by atomic mass is 9.65. The lowest BCUT2D eigenvalue weighted by molar-refractivity contribution is 0.0568. The van der Waals surface area contributed by atoms with Gasteiger partial charge in [-0.3, -0.25) is 4.90 Å². The molecule has 1 heteroatoms. The topological polar surface area (TPSA) is 3.24 Å². The van der Waals surface area contributed by atoms with E-state index in [0.717, 1.165) is 23.8 Å². The highest BCUT2D eigenvalue weighted by atomic mass is 15.3. The first-order valence-corrected chi connectivity index (χ1v) is 7.56. The van der Waals surface area contributed by atoms with Crippen molar-refractivity contribution in [2.75, 3.05) is 6.54 Å². The number of rotatable bonds is 3. The van der Waals surface area contributed by atoms with Crippen molar-refractivity contribution in [1.82, 2.24) is 4.90 Å². The molecule has 0 radical (unpaired) electrons. The third-order valence-electron chi connectivity index (χ3n) is 5.78. The van der Waals surface area contributed by atoms with E-state index in [2.05, 4.69) is 39.5 Å². The maximum Gasteiger partial charge on any atom is 0.0135 e.